The lowest BCUT2D eigenvalue weighted by atomic mass is 10.1. The van der Waals surface area contributed by atoms with Crippen LogP contribution in [0.1, 0.15) is 5.56 Å². The van der Waals surface area contributed by atoms with E-state index in [1.54, 1.807) is 29.3 Å². The van der Waals surface area contributed by atoms with Crippen molar-refractivity contribution in [1.29, 1.82) is 0 Å². The van der Waals surface area contributed by atoms with Gasteiger partial charge in [-0.1, -0.05) is 12.1 Å². The van der Waals surface area contributed by atoms with E-state index >= 15 is 0 Å². The van der Waals surface area contributed by atoms with Crippen LogP contribution in [0.3, 0.4) is 0 Å². The van der Waals surface area contributed by atoms with Crippen LogP contribution in [-0.4, -0.2) is 30.7 Å². The molecular weight excluding hydrogens is 332 g/mol. The van der Waals surface area contributed by atoms with Crippen LogP contribution < -0.4 is 4.90 Å². The largest absolute Gasteiger partial charge is 0.465 e. The summed E-state index contributed by atoms with van der Waals surface area (Å²) in [5.41, 5.74) is 3.16. The highest BCUT2D eigenvalue weighted by molar-refractivity contribution is 6.05. The number of ether oxygens (including phenoxy) is 2. The summed E-state index contributed by atoms with van der Waals surface area (Å²) in [5, 5.41) is 1.13. The number of methoxy groups -OCH3 is 2. The van der Waals surface area contributed by atoms with Crippen molar-refractivity contribution >= 4 is 28.5 Å². The number of allylic oxidation sites excluding steroid dienone is 2. The Morgan fingerprint density at radius 3 is 2.46 bits per heavy atom. The van der Waals surface area contributed by atoms with Gasteiger partial charge in [-0.25, -0.2) is 9.59 Å². The van der Waals surface area contributed by atoms with Crippen LogP contribution in [0.4, 0.5) is 5.69 Å². The lowest BCUT2D eigenvalue weighted by Crippen LogP contribution is -2.26. The van der Waals surface area contributed by atoms with Crippen LogP contribution in [-0.2, 0) is 26.1 Å². The van der Waals surface area contributed by atoms with Crippen molar-refractivity contribution < 1.29 is 19.1 Å². The average molecular weight is 352 g/mol. The molecule has 3 rings (SSSR count). The summed E-state index contributed by atoms with van der Waals surface area (Å²) in [7, 11) is 4.53. The first-order valence-corrected chi connectivity index (χ1v) is 8.08. The highest BCUT2D eigenvalue weighted by atomic mass is 16.5. The molecule has 26 heavy (non-hydrogen) atoms. The minimum Gasteiger partial charge on any atom is -0.465 e. The number of nitrogens with zero attached hydrogens (tertiary/aromatic N) is 2. The maximum absolute atomic E-state index is 12.5. The van der Waals surface area contributed by atoms with Gasteiger partial charge in [0, 0.05) is 30.5 Å². The molecule has 1 aliphatic heterocycles. The number of carbonyl (C=O) groups excluding carboxylic acids is 2. The molecule has 1 aliphatic rings. The normalized spacial score (nSPS) is 13.9. The molecule has 0 amide bonds. The van der Waals surface area contributed by atoms with Crippen LogP contribution in [0.5, 0.6) is 0 Å². The van der Waals surface area contributed by atoms with Crippen LogP contribution in [0.2, 0.25) is 0 Å². The minimum atomic E-state index is -0.621. The number of fused-ring (bicyclic) bond motifs is 1. The fourth-order valence-electron chi connectivity index (χ4n) is 3.09. The van der Waals surface area contributed by atoms with E-state index in [0.717, 1.165) is 16.6 Å². The van der Waals surface area contributed by atoms with Crippen LogP contribution in [0.15, 0.2) is 60.1 Å². The third kappa shape index (κ3) is 2.90. The molecular formula is C20H20N2O4. The van der Waals surface area contributed by atoms with Gasteiger partial charge in [0.15, 0.2) is 0 Å². The first-order valence-electron chi connectivity index (χ1n) is 8.08. The molecule has 0 saturated carbocycles. The van der Waals surface area contributed by atoms with Crippen LogP contribution in [0, 0.1) is 6.92 Å². The van der Waals surface area contributed by atoms with E-state index in [1.165, 1.54) is 19.8 Å². The van der Waals surface area contributed by atoms with Gasteiger partial charge in [0.05, 0.1) is 25.3 Å². The van der Waals surface area contributed by atoms with Gasteiger partial charge in [0.1, 0.15) is 5.70 Å². The molecule has 0 aliphatic carbocycles. The number of esters is 2. The molecule has 1 aromatic heterocycles. The van der Waals surface area contributed by atoms with Gasteiger partial charge in [-0.05, 0) is 36.8 Å². The van der Waals surface area contributed by atoms with Gasteiger partial charge in [-0.2, -0.15) is 0 Å². The quantitative estimate of drug-likeness (QED) is 0.795. The first kappa shape index (κ1) is 17.5. The molecule has 0 spiro atoms. The van der Waals surface area contributed by atoms with Gasteiger partial charge in [0.25, 0.3) is 0 Å². The molecule has 1 aromatic carbocycles. The summed E-state index contributed by atoms with van der Waals surface area (Å²) >= 11 is 0. The molecule has 2 aromatic rings. The van der Waals surface area contributed by atoms with Crippen LogP contribution >= 0.6 is 0 Å². The summed E-state index contributed by atoms with van der Waals surface area (Å²) in [4.78, 5) is 26.3. The molecule has 0 N–H and O–H groups in total. The second-order valence-corrected chi connectivity index (χ2v) is 5.94. The third-order valence-electron chi connectivity index (χ3n) is 4.34. The van der Waals surface area contributed by atoms with Crippen molar-refractivity contribution in [3.05, 3.63) is 65.7 Å². The topological polar surface area (TPSA) is 60.8 Å². The SMILES string of the molecule is COC(=O)C1=C(C(=O)OC)N(c2ccc3c(C)cn(C)c3c2)C=CC=C1. The average Bonchev–Trinajstić information content (AvgIpc) is 2.82. The number of benzene rings is 1. The van der Waals surface area contributed by atoms with Crippen molar-refractivity contribution in [2.24, 2.45) is 7.05 Å². The molecule has 0 radical (unpaired) electrons. The highest BCUT2D eigenvalue weighted by Crippen LogP contribution is 2.30. The summed E-state index contributed by atoms with van der Waals surface area (Å²) in [6, 6.07) is 5.87. The number of aryl methyl sites for hydroxylation is 2. The van der Waals surface area contributed by atoms with E-state index < -0.39 is 11.9 Å². The second kappa shape index (κ2) is 6.92. The molecule has 0 unspecified atom stereocenters. The lowest BCUT2D eigenvalue weighted by Gasteiger charge is -2.23. The third-order valence-corrected chi connectivity index (χ3v) is 4.34. The van der Waals surface area contributed by atoms with Crippen molar-refractivity contribution in [3.63, 3.8) is 0 Å². The van der Waals surface area contributed by atoms with E-state index in [0.29, 0.717) is 0 Å². The van der Waals surface area contributed by atoms with E-state index in [1.807, 2.05) is 42.9 Å². The summed E-state index contributed by atoms with van der Waals surface area (Å²) in [6.45, 7) is 2.05. The molecule has 6 nitrogen and oxygen atoms in total. The molecule has 6 heteroatoms. The van der Waals surface area contributed by atoms with Crippen molar-refractivity contribution in [3.8, 4) is 0 Å². The molecule has 0 atom stereocenters. The zero-order valence-electron chi connectivity index (χ0n) is 15.1. The zero-order valence-corrected chi connectivity index (χ0v) is 15.1. The van der Waals surface area contributed by atoms with E-state index in [2.05, 4.69) is 0 Å². The second-order valence-electron chi connectivity index (χ2n) is 5.94. The van der Waals surface area contributed by atoms with E-state index in [4.69, 9.17) is 9.47 Å². The van der Waals surface area contributed by atoms with Crippen molar-refractivity contribution in [2.75, 3.05) is 19.1 Å². The number of anilines is 1. The monoisotopic (exact) mass is 352 g/mol. The molecule has 0 bridgehead atoms. The minimum absolute atomic E-state index is 0.106. The van der Waals surface area contributed by atoms with E-state index in [-0.39, 0.29) is 11.3 Å². The highest BCUT2D eigenvalue weighted by Gasteiger charge is 2.27. The maximum atomic E-state index is 12.5. The smallest absolute Gasteiger partial charge is 0.355 e. The zero-order chi connectivity index (χ0) is 18.8. The molecule has 0 fully saturated rings. The summed E-state index contributed by atoms with van der Waals surface area (Å²) in [6.07, 6.45) is 8.74. The molecule has 134 valence electrons. The predicted molar refractivity (Wildman–Crippen MR) is 99.5 cm³/mol. The fourth-order valence-corrected chi connectivity index (χ4v) is 3.09. The van der Waals surface area contributed by atoms with E-state index in [9.17, 15) is 9.59 Å². The Morgan fingerprint density at radius 1 is 1.04 bits per heavy atom. The van der Waals surface area contributed by atoms with Crippen molar-refractivity contribution in [2.45, 2.75) is 6.92 Å². The Bertz CT molecular complexity index is 979. The standard InChI is InChI=1S/C20H20N2O4/c1-13-12-21(2)17-11-14(8-9-15(13)17)22-10-6-5-7-16(19(23)25-3)18(22)20(24)26-4/h5-12H,1-4H3. The first-order chi connectivity index (χ1) is 12.5. The Labute approximate surface area is 151 Å². The van der Waals surface area contributed by atoms with Gasteiger partial charge < -0.3 is 18.9 Å². The van der Waals surface area contributed by atoms with Gasteiger partial charge in [-0.3, -0.25) is 0 Å². The number of rotatable bonds is 3. The van der Waals surface area contributed by atoms with Gasteiger partial charge >= 0.3 is 11.9 Å². The number of carbonyl (C=O) groups is 2. The van der Waals surface area contributed by atoms with Gasteiger partial charge in [-0.15, -0.1) is 0 Å². The Balaban J connectivity index is 2.22. The Morgan fingerprint density at radius 2 is 1.77 bits per heavy atom. The summed E-state index contributed by atoms with van der Waals surface area (Å²) in [5.74, 6) is -1.23. The summed E-state index contributed by atoms with van der Waals surface area (Å²) < 4.78 is 11.8. The van der Waals surface area contributed by atoms with Gasteiger partial charge in [0.2, 0.25) is 0 Å². The molecule has 2 heterocycles. The Kier molecular flexibility index (Phi) is 4.67. The number of hydrogen-bond acceptors (Lipinski definition) is 5. The number of hydrogen-bond donors (Lipinski definition) is 0. The maximum Gasteiger partial charge on any atom is 0.355 e. The molecule has 0 saturated heterocycles. The number of aromatic nitrogens is 1. The lowest BCUT2D eigenvalue weighted by molar-refractivity contribution is -0.139. The Hall–Kier alpha value is -3.28. The van der Waals surface area contributed by atoms with Crippen molar-refractivity contribution in [1.82, 2.24) is 4.57 Å². The van der Waals surface area contributed by atoms with Crippen LogP contribution in [0.25, 0.3) is 10.9 Å². The fraction of sp³-hybridized carbons (Fsp3) is 0.200. The predicted octanol–water partition coefficient (Wildman–Crippen LogP) is 2.98.